The maximum Gasteiger partial charge on any atom is 0.0352 e. The van der Waals surface area contributed by atoms with Gasteiger partial charge in [-0.05, 0) is 12.1 Å². The van der Waals surface area contributed by atoms with Crippen LogP contribution in [-0.4, -0.2) is 17.6 Å². The molecule has 1 aromatic carbocycles. The third-order valence-corrected chi connectivity index (χ3v) is 4.89. The molecule has 2 heteroatoms. The first-order chi connectivity index (χ1) is 6.58. The monoisotopic (exact) mass is 222 g/mol. The van der Waals surface area contributed by atoms with E-state index in [9.17, 15) is 0 Å². The van der Waals surface area contributed by atoms with Crippen molar-refractivity contribution < 1.29 is 0 Å². The second-order valence-corrected chi connectivity index (χ2v) is 11.4. The highest BCUT2D eigenvalue weighted by molar-refractivity contribution is 6.55. The van der Waals surface area contributed by atoms with Crippen LogP contribution < -0.4 is 0 Å². The Kier molecular flexibility index (Phi) is 4.62. The molecule has 0 heterocycles. The number of rotatable bonds is 4. The van der Waals surface area contributed by atoms with Gasteiger partial charge in [0.15, 0.2) is 0 Å². The van der Waals surface area contributed by atoms with Crippen LogP contribution in [0.2, 0.25) is 26.2 Å². The van der Waals surface area contributed by atoms with Crippen LogP contribution in [0.3, 0.4) is 0 Å². The minimum atomic E-state index is -0.433. The molecule has 0 unspecified atom stereocenters. The van der Waals surface area contributed by atoms with Gasteiger partial charge in [-0.1, -0.05) is 61.6 Å². The normalized spacial score (nSPS) is 11.3. The highest BCUT2D eigenvalue weighted by atomic mass is 28.3. The van der Waals surface area contributed by atoms with E-state index in [1.54, 1.807) is 11.1 Å². The van der Waals surface area contributed by atoms with Crippen LogP contribution >= 0.6 is 0 Å². The minimum absolute atomic E-state index is 0.433. The van der Waals surface area contributed by atoms with Crippen molar-refractivity contribution >= 4 is 17.6 Å². The van der Waals surface area contributed by atoms with E-state index in [0.29, 0.717) is 0 Å². The zero-order valence-corrected chi connectivity index (χ0v) is 12.2. The minimum Gasteiger partial charge on any atom is -0.0719 e. The largest absolute Gasteiger partial charge is 0.0719 e. The first-order valence-corrected chi connectivity index (χ1v) is 11.9. The fourth-order valence-electron chi connectivity index (χ4n) is 1.75. The van der Waals surface area contributed by atoms with Gasteiger partial charge in [0.2, 0.25) is 0 Å². The van der Waals surface area contributed by atoms with E-state index in [1.165, 1.54) is 12.1 Å². The van der Waals surface area contributed by atoms with Gasteiger partial charge in [-0.15, -0.1) is 0 Å². The van der Waals surface area contributed by atoms with Gasteiger partial charge < -0.3 is 0 Å². The van der Waals surface area contributed by atoms with Crippen LogP contribution in [-0.2, 0) is 12.1 Å². The van der Waals surface area contributed by atoms with E-state index in [2.05, 4.69) is 50.5 Å². The Bertz CT molecular complexity index is 233. The van der Waals surface area contributed by atoms with Crippen LogP contribution in [0.4, 0.5) is 0 Å². The third kappa shape index (κ3) is 4.24. The predicted octanol–water partition coefficient (Wildman–Crippen LogP) is 2.82. The van der Waals surface area contributed by atoms with Gasteiger partial charge in [0.1, 0.15) is 0 Å². The Labute approximate surface area is 91.6 Å². The summed E-state index contributed by atoms with van der Waals surface area (Å²) in [6.07, 6.45) is 0. The lowest BCUT2D eigenvalue weighted by Gasteiger charge is -2.06. The van der Waals surface area contributed by atoms with Crippen molar-refractivity contribution in [3.05, 3.63) is 35.4 Å². The van der Waals surface area contributed by atoms with Gasteiger partial charge >= 0.3 is 0 Å². The standard InChI is InChI=1S/C12H22Si2/c1-13(2)9-11-5-7-12(8-6-11)10-14(3)4/h5-8,13-14H,9-10H2,1-4H3. The number of benzene rings is 1. The summed E-state index contributed by atoms with van der Waals surface area (Å²) < 4.78 is 0. The Morgan fingerprint density at radius 1 is 0.714 bits per heavy atom. The molecule has 14 heavy (non-hydrogen) atoms. The molecule has 1 aromatic rings. The molecular weight excluding hydrogens is 200 g/mol. The van der Waals surface area contributed by atoms with Gasteiger partial charge in [-0.3, -0.25) is 0 Å². The predicted molar refractivity (Wildman–Crippen MR) is 71.6 cm³/mol. The maximum absolute atomic E-state index is 2.41. The first-order valence-electron chi connectivity index (χ1n) is 5.65. The quantitative estimate of drug-likeness (QED) is 0.687. The molecule has 0 aliphatic heterocycles. The SMILES string of the molecule is C[SiH](C)Cc1ccc(C[SiH](C)C)cc1. The molecule has 0 radical (unpaired) electrons. The summed E-state index contributed by atoms with van der Waals surface area (Å²) in [5.74, 6) is 0. The van der Waals surface area contributed by atoms with E-state index in [1.807, 2.05) is 0 Å². The molecule has 0 spiro atoms. The average Bonchev–Trinajstić information content (AvgIpc) is 2.06. The molecule has 0 nitrogen and oxygen atoms in total. The average molecular weight is 222 g/mol. The van der Waals surface area contributed by atoms with Gasteiger partial charge in [0.05, 0.1) is 0 Å². The Morgan fingerprint density at radius 2 is 1.00 bits per heavy atom. The highest BCUT2D eigenvalue weighted by Gasteiger charge is 2.01. The third-order valence-electron chi connectivity index (χ3n) is 2.31. The zero-order chi connectivity index (χ0) is 10.6. The van der Waals surface area contributed by atoms with E-state index in [0.717, 1.165) is 0 Å². The van der Waals surface area contributed by atoms with Gasteiger partial charge in [-0.25, -0.2) is 0 Å². The van der Waals surface area contributed by atoms with Crippen molar-refractivity contribution in [3.63, 3.8) is 0 Å². The summed E-state index contributed by atoms with van der Waals surface area (Å²) in [4.78, 5) is 0. The summed E-state index contributed by atoms with van der Waals surface area (Å²) >= 11 is 0. The molecule has 0 amide bonds. The van der Waals surface area contributed by atoms with Crippen LogP contribution in [0.15, 0.2) is 24.3 Å². The van der Waals surface area contributed by atoms with Gasteiger partial charge in [-0.2, -0.15) is 0 Å². The molecule has 0 fully saturated rings. The maximum atomic E-state index is 2.41. The fraction of sp³-hybridized carbons (Fsp3) is 0.500. The Hall–Kier alpha value is -0.346. The molecule has 0 N–H and O–H groups in total. The lowest BCUT2D eigenvalue weighted by Crippen LogP contribution is -2.07. The van der Waals surface area contributed by atoms with Crippen molar-refractivity contribution in [3.8, 4) is 0 Å². The summed E-state index contributed by atoms with van der Waals surface area (Å²) in [7, 11) is -0.866. The summed E-state index contributed by atoms with van der Waals surface area (Å²) in [6, 6.07) is 12.0. The number of hydrogen-bond acceptors (Lipinski definition) is 0. The van der Waals surface area contributed by atoms with E-state index in [4.69, 9.17) is 0 Å². The summed E-state index contributed by atoms with van der Waals surface area (Å²) in [5.41, 5.74) is 3.08. The molecule has 0 bridgehead atoms. The summed E-state index contributed by atoms with van der Waals surface area (Å²) in [6.45, 7) is 9.65. The van der Waals surface area contributed by atoms with Gasteiger partial charge in [0.25, 0.3) is 0 Å². The van der Waals surface area contributed by atoms with Crippen molar-refractivity contribution in [1.82, 2.24) is 0 Å². The van der Waals surface area contributed by atoms with Crippen molar-refractivity contribution in [2.45, 2.75) is 38.3 Å². The molecule has 0 aliphatic carbocycles. The molecule has 0 saturated heterocycles. The van der Waals surface area contributed by atoms with Crippen molar-refractivity contribution in [2.24, 2.45) is 0 Å². The van der Waals surface area contributed by atoms with E-state index in [-0.39, 0.29) is 0 Å². The zero-order valence-electron chi connectivity index (χ0n) is 9.88. The molecule has 0 saturated carbocycles. The highest BCUT2D eigenvalue weighted by Crippen LogP contribution is 2.08. The molecule has 0 aromatic heterocycles. The van der Waals surface area contributed by atoms with Crippen molar-refractivity contribution in [1.29, 1.82) is 0 Å². The van der Waals surface area contributed by atoms with Crippen molar-refractivity contribution in [2.75, 3.05) is 0 Å². The van der Waals surface area contributed by atoms with Gasteiger partial charge in [0, 0.05) is 17.6 Å². The molecule has 78 valence electrons. The second-order valence-electron chi connectivity index (χ2n) is 5.01. The van der Waals surface area contributed by atoms with Crippen LogP contribution in [0.25, 0.3) is 0 Å². The van der Waals surface area contributed by atoms with E-state index < -0.39 is 17.6 Å². The Balaban J connectivity index is 2.59. The smallest absolute Gasteiger partial charge is 0.0352 e. The first kappa shape index (κ1) is 11.7. The number of hydrogen-bond donors (Lipinski definition) is 0. The van der Waals surface area contributed by atoms with Crippen LogP contribution in [0.1, 0.15) is 11.1 Å². The van der Waals surface area contributed by atoms with Crippen LogP contribution in [0, 0.1) is 0 Å². The topological polar surface area (TPSA) is 0 Å². The lowest BCUT2D eigenvalue weighted by molar-refractivity contribution is 1.29. The molecule has 1 rings (SSSR count). The second kappa shape index (κ2) is 5.51. The molecular formula is C12H22Si2. The molecule has 0 aliphatic rings. The van der Waals surface area contributed by atoms with Crippen LogP contribution in [0.5, 0.6) is 0 Å². The fourth-order valence-corrected chi connectivity index (χ4v) is 4.18. The van der Waals surface area contributed by atoms with E-state index >= 15 is 0 Å². The lowest BCUT2D eigenvalue weighted by atomic mass is 10.2. The summed E-state index contributed by atoms with van der Waals surface area (Å²) in [5, 5.41) is 0. The Morgan fingerprint density at radius 3 is 1.21 bits per heavy atom. The molecule has 0 atom stereocenters.